The zero-order chi connectivity index (χ0) is 7.40. The highest BCUT2D eigenvalue weighted by molar-refractivity contribution is 4.93. The third-order valence-electron chi connectivity index (χ3n) is 2.39. The predicted octanol–water partition coefficient (Wildman–Crippen LogP) is 2.43. The molecule has 0 N–H and O–H groups in total. The molecule has 1 aliphatic carbocycles. The molecule has 0 heterocycles. The topological polar surface area (TPSA) is 3.24 Å². The van der Waals surface area contributed by atoms with E-state index in [9.17, 15) is 0 Å². The zero-order valence-corrected chi connectivity index (χ0v) is 7.19. The van der Waals surface area contributed by atoms with Crippen LogP contribution in [-0.2, 0) is 0 Å². The molecule has 1 nitrogen and oxygen atoms in total. The van der Waals surface area contributed by atoms with E-state index in [1.807, 2.05) is 0 Å². The van der Waals surface area contributed by atoms with Crippen molar-refractivity contribution in [3.63, 3.8) is 0 Å². The zero-order valence-electron chi connectivity index (χ0n) is 7.19. The summed E-state index contributed by atoms with van der Waals surface area (Å²) in [5.41, 5.74) is 0. The Morgan fingerprint density at radius 2 is 1.60 bits per heavy atom. The number of hydrogen-bond donors (Lipinski definition) is 0. The summed E-state index contributed by atoms with van der Waals surface area (Å²) in [6.45, 7) is 6.89. The number of rotatable bonds is 3. The van der Waals surface area contributed by atoms with Crippen LogP contribution in [0.4, 0.5) is 0 Å². The van der Waals surface area contributed by atoms with Crippen LogP contribution in [0.2, 0.25) is 0 Å². The van der Waals surface area contributed by atoms with Gasteiger partial charge < -0.3 is 0 Å². The second-order valence-corrected chi connectivity index (χ2v) is 2.95. The molecule has 0 aromatic heterocycles. The fourth-order valence-electron chi connectivity index (χ4n) is 1.77. The van der Waals surface area contributed by atoms with E-state index < -0.39 is 0 Å². The van der Waals surface area contributed by atoms with E-state index in [0.717, 1.165) is 0 Å². The molecule has 1 fully saturated rings. The predicted molar refractivity (Wildman–Crippen MR) is 44.6 cm³/mol. The van der Waals surface area contributed by atoms with Crippen LogP contribution in [-0.4, -0.2) is 18.0 Å². The Kier molecular flexibility index (Phi) is 3.20. The van der Waals surface area contributed by atoms with Gasteiger partial charge in [-0.15, -0.1) is 0 Å². The third-order valence-corrected chi connectivity index (χ3v) is 2.39. The summed E-state index contributed by atoms with van der Waals surface area (Å²) in [4.78, 5) is 2.51. The van der Waals surface area contributed by atoms with Crippen LogP contribution in [0.3, 0.4) is 0 Å². The summed E-state index contributed by atoms with van der Waals surface area (Å²) in [6.07, 6.45) is 5.57. The van der Waals surface area contributed by atoms with Gasteiger partial charge in [-0.2, -0.15) is 0 Å². The Morgan fingerprint density at radius 3 is 2.00 bits per heavy atom. The molecule has 1 aliphatic rings. The standard InChI is InChI=1S/C9H18N/c1-3-10(4-2)9-7-5-6-8-9/h3-8H2,1-2H3. The van der Waals surface area contributed by atoms with Gasteiger partial charge in [0.15, 0.2) is 0 Å². The summed E-state index contributed by atoms with van der Waals surface area (Å²) in [5, 5.41) is 0. The molecule has 0 saturated heterocycles. The van der Waals surface area contributed by atoms with Crippen molar-refractivity contribution in [3.05, 3.63) is 6.04 Å². The van der Waals surface area contributed by atoms with E-state index in [1.165, 1.54) is 38.8 Å². The minimum absolute atomic E-state index is 1.20. The van der Waals surface area contributed by atoms with Crippen LogP contribution in [0.25, 0.3) is 0 Å². The van der Waals surface area contributed by atoms with Crippen LogP contribution in [0.5, 0.6) is 0 Å². The summed E-state index contributed by atoms with van der Waals surface area (Å²) in [5.74, 6) is 0. The van der Waals surface area contributed by atoms with E-state index in [4.69, 9.17) is 0 Å². The molecule has 0 spiro atoms. The fourth-order valence-corrected chi connectivity index (χ4v) is 1.77. The molecule has 0 aliphatic heterocycles. The van der Waals surface area contributed by atoms with E-state index >= 15 is 0 Å². The Morgan fingerprint density at radius 1 is 1.10 bits per heavy atom. The monoisotopic (exact) mass is 140 g/mol. The van der Waals surface area contributed by atoms with Crippen molar-refractivity contribution in [3.8, 4) is 0 Å². The van der Waals surface area contributed by atoms with Crippen molar-refractivity contribution in [1.29, 1.82) is 0 Å². The third kappa shape index (κ3) is 1.72. The van der Waals surface area contributed by atoms with Gasteiger partial charge in [-0.1, -0.05) is 26.7 Å². The van der Waals surface area contributed by atoms with Crippen molar-refractivity contribution in [2.24, 2.45) is 0 Å². The molecule has 0 unspecified atom stereocenters. The van der Waals surface area contributed by atoms with Gasteiger partial charge in [-0.05, 0) is 25.9 Å². The first-order valence-electron chi connectivity index (χ1n) is 4.48. The average Bonchev–Trinajstić information content (AvgIpc) is 2.43. The first-order chi connectivity index (χ1) is 4.88. The molecule has 1 saturated carbocycles. The fraction of sp³-hybridized carbons (Fsp3) is 0.889. The molecule has 0 bridgehead atoms. The van der Waals surface area contributed by atoms with Gasteiger partial charge in [0.1, 0.15) is 0 Å². The molecule has 59 valence electrons. The second kappa shape index (κ2) is 3.97. The largest absolute Gasteiger partial charge is 0.296 e. The van der Waals surface area contributed by atoms with Gasteiger partial charge in [0.2, 0.25) is 0 Å². The van der Waals surface area contributed by atoms with Gasteiger partial charge in [0.25, 0.3) is 0 Å². The maximum atomic E-state index is 2.51. The maximum Gasteiger partial charge on any atom is 0.0392 e. The van der Waals surface area contributed by atoms with Gasteiger partial charge in [0, 0.05) is 6.04 Å². The van der Waals surface area contributed by atoms with Crippen LogP contribution in [0, 0.1) is 6.04 Å². The van der Waals surface area contributed by atoms with Crippen molar-refractivity contribution >= 4 is 0 Å². The van der Waals surface area contributed by atoms with E-state index in [1.54, 1.807) is 6.04 Å². The lowest BCUT2D eigenvalue weighted by Gasteiger charge is -2.24. The van der Waals surface area contributed by atoms with Crippen LogP contribution in [0.15, 0.2) is 0 Å². The Balaban J connectivity index is 2.29. The molecular weight excluding hydrogens is 122 g/mol. The highest BCUT2D eigenvalue weighted by atomic mass is 15.1. The first kappa shape index (κ1) is 8.06. The van der Waals surface area contributed by atoms with Gasteiger partial charge >= 0.3 is 0 Å². The maximum absolute atomic E-state index is 2.51. The number of hydrogen-bond acceptors (Lipinski definition) is 1. The molecule has 1 rings (SSSR count). The van der Waals surface area contributed by atoms with Crippen LogP contribution >= 0.6 is 0 Å². The summed E-state index contributed by atoms with van der Waals surface area (Å²) in [6, 6.07) is 1.70. The van der Waals surface area contributed by atoms with E-state index in [0.29, 0.717) is 0 Å². The quantitative estimate of drug-likeness (QED) is 0.582. The van der Waals surface area contributed by atoms with Crippen molar-refractivity contribution in [1.82, 2.24) is 4.90 Å². The molecule has 0 aromatic rings. The highest BCUT2D eigenvalue weighted by Gasteiger charge is 2.20. The van der Waals surface area contributed by atoms with Gasteiger partial charge in [-0.3, -0.25) is 4.90 Å². The van der Waals surface area contributed by atoms with Gasteiger partial charge in [0.05, 0.1) is 0 Å². The van der Waals surface area contributed by atoms with Crippen LogP contribution < -0.4 is 0 Å². The SMILES string of the molecule is CCN(CC)[C]1CCCC1. The van der Waals surface area contributed by atoms with E-state index in [2.05, 4.69) is 18.7 Å². The van der Waals surface area contributed by atoms with E-state index in [-0.39, 0.29) is 0 Å². The van der Waals surface area contributed by atoms with Crippen molar-refractivity contribution in [2.45, 2.75) is 39.5 Å². The molecular formula is C9H18N. The second-order valence-electron chi connectivity index (χ2n) is 2.95. The molecule has 1 heteroatoms. The normalized spacial score (nSPS) is 20.7. The highest BCUT2D eigenvalue weighted by Crippen LogP contribution is 2.29. The smallest absolute Gasteiger partial charge is 0.0392 e. The lowest BCUT2D eigenvalue weighted by atomic mass is 10.2. The Hall–Kier alpha value is -0.0400. The molecule has 10 heavy (non-hydrogen) atoms. The van der Waals surface area contributed by atoms with Gasteiger partial charge in [-0.25, -0.2) is 0 Å². The first-order valence-corrected chi connectivity index (χ1v) is 4.48. The average molecular weight is 140 g/mol. The summed E-state index contributed by atoms with van der Waals surface area (Å²) < 4.78 is 0. The lowest BCUT2D eigenvalue weighted by molar-refractivity contribution is 0.305. The molecule has 0 atom stereocenters. The lowest BCUT2D eigenvalue weighted by Crippen LogP contribution is -2.26. The summed E-state index contributed by atoms with van der Waals surface area (Å²) >= 11 is 0. The molecule has 1 radical (unpaired) electrons. The Bertz CT molecular complexity index is 80.7. The molecule has 0 aromatic carbocycles. The van der Waals surface area contributed by atoms with Crippen molar-refractivity contribution in [2.75, 3.05) is 13.1 Å². The minimum atomic E-state index is 1.20. The summed E-state index contributed by atoms with van der Waals surface area (Å²) in [7, 11) is 0. The van der Waals surface area contributed by atoms with Crippen molar-refractivity contribution < 1.29 is 0 Å². The Labute approximate surface area is 64.4 Å². The molecule has 0 amide bonds. The minimum Gasteiger partial charge on any atom is -0.296 e. The number of nitrogens with zero attached hydrogens (tertiary/aromatic N) is 1. The van der Waals surface area contributed by atoms with Crippen LogP contribution in [0.1, 0.15) is 39.5 Å².